The fraction of sp³-hybridized carbons (Fsp3) is 0.333. The monoisotopic (exact) mass is 384 g/mol. The van der Waals surface area contributed by atoms with E-state index < -0.39 is 0 Å². The maximum Gasteiger partial charge on any atom is 0.124 e. The van der Waals surface area contributed by atoms with E-state index in [0.29, 0.717) is 18.2 Å². The molecule has 0 aliphatic carbocycles. The molecule has 3 rings (SSSR count). The van der Waals surface area contributed by atoms with Crippen LogP contribution in [0.4, 0.5) is 0 Å². The highest BCUT2D eigenvalue weighted by atomic mass is 35.5. The van der Waals surface area contributed by atoms with E-state index in [1.807, 2.05) is 48.3 Å². The van der Waals surface area contributed by atoms with Crippen molar-refractivity contribution in [2.75, 3.05) is 6.54 Å². The Bertz CT molecular complexity index is 893. The Hall–Kier alpha value is -2.37. The highest BCUT2D eigenvalue weighted by Crippen LogP contribution is 2.24. The van der Waals surface area contributed by atoms with Crippen molar-refractivity contribution in [3.8, 4) is 5.75 Å². The lowest BCUT2D eigenvalue weighted by Gasteiger charge is -2.13. The largest absolute Gasteiger partial charge is 0.489 e. The van der Waals surface area contributed by atoms with E-state index in [-0.39, 0.29) is 0 Å². The van der Waals surface area contributed by atoms with Gasteiger partial charge in [-0.05, 0) is 56.6 Å². The van der Waals surface area contributed by atoms with E-state index in [1.54, 1.807) is 6.20 Å². The minimum Gasteiger partial charge on any atom is -0.489 e. The number of halogens is 1. The van der Waals surface area contributed by atoms with Gasteiger partial charge in [-0.3, -0.25) is 9.67 Å². The van der Waals surface area contributed by atoms with Gasteiger partial charge in [0.1, 0.15) is 12.4 Å². The van der Waals surface area contributed by atoms with Gasteiger partial charge in [0.25, 0.3) is 0 Å². The number of pyridine rings is 1. The molecule has 1 N–H and O–H groups in total. The minimum absolute atomic E-state index is 0.483. The third kappa shape index (κ3) is 5.08. The van der Waals surface area contributed by atoms with E-state index in [4.69, 9.17) is 16.3 Å². The quantitative estimate of drug-likeness (QED) is 0.596. The van der Waals surface area contributed by atoms with Crippen molar-refractivity contribution in [2.24, 2.45) is 7.05 Å². The summed E-state index contributed by atoms with van der Waals surface area (Å²) < 4.78 is 7.92. The standard InChI is InChI=1S/C21H25ClN4O/c1-15-20(16(2)26(3)25-15)8-10-24-13-18-11-19(22)6-7-21(18)27-14-17-5-4-9-23-12-17/h4-7,9,11-12,24H,8,10,13-14H2,1-3H3. The summed E-state index contributed by atoms with van der Waals surface area (Å²) in [7, 11) is 1.98. The number of aryl methyl sites for hydroxylation is 2. The van der Waals surface area contributed by atoms with Crippen LogP contribution < -0.4 is 10.1 Å². The van der Waals surface area contributed by atoms with Gasteiger partial charge in [0.05, 0.1) is 5.69 Å². The molecular weight excluding hydrogens is 360 g/mol. The molecule has 3 aromatic rings. The zero-order chi connectivity index (χ0) is 19.2. The number of ether oxygens (including phenoxy) is 1. The summed E-state index contributed by atoms with van der Waals surface area (Å²) >= 11 is 6.18. The van der Waals surface area contributed by atoms with Gasteiger partial charge in [-0.1, -0.05) is 17.7 Å². The predicted molar refractivity (Wildman–Crippen MR) is 108 cm³/mol. The maximum atomic E-state index is 6.18. The Kier molecular flexibility index (Phi) is 6.48. The SMILES string of the molecule is Cc1nn(C)c(C)c1CCNCc1cc(Cl)ccc1OCc1cccnc1. The molecule has 0 aliphatic rings. The third-order valence-corrected chi connectivity index (χ3v) is 4.90. The van der Waals surface area contributed by atoms with Gasteiger partial charge in [0.2, 0.25) is 0 Å². The summed E-state index contributed by atoms with van der Waals surface area (Å²) in [5.41, 5.74) is 5.71. The van der Waals surface area contributed by atoms with Gasteiger partial charge in [0.15, 0.2) is 0 Å². The van der Waals surface area contributed by atoms with Crippen molar-refractivity contribution < 1.29 is 4.74 Å². The average molecular weight is 385 g/mol. The van der Waals surface area contributed by atoms with Gasteiger partial charge in [-0.25, -0.2) is 0 Å². The van der Waals surface area contributed by atoms with Crippen molar-refractivity contribution in [3.05, 3.63) is 75.8 Å². The highest BCUT2D eigenvalue weighted by Gasteiger charge is 2.09. The van der Waals surface area contributed by atoms with Crippen LogP contribution in [0.5, 0.6) is 5.75 Å². The van der Waals surface area contributed by atoms with Crippen molar-refractivity contribution in [3.63, 3.8) is 0 Å². The molecule has 6 heteroatoms. The first-order valence-electron chi connectivity index (χ1n) is 9.04. The smallest absolute Gasteiger partial charge is 0.124 e. The average Bonchev–Trinajstić information content (AvgIpc) is 2.91. The fourth-order valence-electron chi connectivity index (χ4n) is 3.09. The Balaban J connectivity index is 1.58. The molecule has 1 aromatic carbocycles. The normalized spacial score (nSPS) is 11.0. The van der Waals surface area contributed by atoms with Crippen LogP contribution in [0.25, 0.3) is 0 Å². The van der Waals surface area contributed by atoms with Crippen LogP contribution in [0.15, 0.2) is 42.7 Å². The lowest BCUT2D eigenvalue weighted by Crippen LogP contribution is -2.18. The first-order valence-corrected chi connectivity index (χ1v) is 9.42. The molecule has 2 aromatic heterocycles. The van der Waals surface area contributed by atoms with Gasteiger partial charge in [0, 0.05) is 47.8 Å². The molecule has 0 saturated heterocycles. The zero-order valence-electron chi connectivity index (χ0n) is 16.0. The van der Waals surface area contributed by atoms with Gasteiger partial charge >= 0.3 is 0 Å². The molecule has 0 atom stereocenters. The summed E-state index contributed by atoms with van der Waals surface area (Å²) in [6.07, 6.45) is 4.51. The molecular formula is C21H25ClN4O. The van der Waals surface area contributed by atoms with Gasteiger partial charge < -0.3 is 10.1 Å². The van der Waals surface area contributed by atoms with Crippen molar-refractivity contribution in [1.82, 2.24) is 20.1 Å². The van der Waals surface area contributed by atoms with E-state index in [1.165, 1.54) is 11.3 Å². The fourth-order valence-corrected chi connectivity index (χ4v) is 3.28. The lowest BCUT2D eigenvalue weighted by molar-refractivity contribution is 0.301. The third-order valence-electron chi connectivity index (χ3n) is 4.67. The number of aromatic nitrogens is 3. The highest BCUT2D eigenvalue weighted by molar-refractivity contribution is 6.30. The summed E-state index contributed by atoms with van der Waals surface area (Å²) in [5, 5.41) is 8.67. The molecule has 5 nitrogen and oxygen atoms in total. The number of hydrogen-bond donors (Lipinski definition) is 1. The van der Waals surface area contributed by atoms with Crippen LogP contribution in [0.2, 0.25) is 5.02 Å². The molecule has 0 fully saturated rings. The molecule has 27 heavy (non-hydrogen) atoms. The van der Waals surface area contributed by atoms with Crippen LogP contribution in [0.3, 0.4) is 0 Å². The van der Waals surface area contributed by atoms with Crippen molar-refractivity contribution in [2.45, 2.75) is 33.4 Å². The van der Waals surface area contributed by atoms with Crippen LogP contribution in [-0.4, -0.2) is 21.3 Å². The molecule has 0 unspecified atom stereocenters. The Morgan fingerprint density at radius 2 is 2.07 bits per heavy atom. The summed E-state index contributed by atoms with van der Waals surface area (Å²) in [4.78, 5) is 4.12. The zero-order valence-corrected chi connectivity index (χ0v) is 16.8. The number of nitrogens with one attached hydrogen (secondary N) is 1. The molecule has 0 bridgehead atoms. The Morgan fingerprint density at radius 1 is 1.22 bits per heavy atom. The predicted octanol–water partition coefficient (Wildman–Crippen LogP) is 4.00. The van der Waals surface area contributed by atoms with E-state index >= 15 is 0 Å². The summed E-state index contributed by atoms with van der Waals surface area (Å²) in [6.45, 7) is 6.21. The molecule has 2 heterocycles. The Morgan fingerprint density at radius 3 is 2.78 bits per heavy atom. The molecule has 0 amide bonds. The first kappa shape index (κ1) is 19.4. The van der Waals surface area contributed by atoms with E-state index in [2.05, 4.69) is 29.2 Å². The second kappa shape index (κ2) is 9.02. The number of hydrogen-bond acceptors (Lipinski definition) is 4. The summed E-state index contributed by atoms with van der Waals surface area (Å²) in [5.74, 6) is 0.837. The van der Waals surface area contributed by atoms with E-state index in [9.17, 15) is 0 Å². The van der Waals surface area contributed by atoms with Crippen molar-refractivity contribution >= 4 is 11.6 Å². The van der Waals surface area contributed by atoms with Crippen LogP contribution >= 0.6 is 11.6 Å². The molecule has 142 valence electrons. The number of nitrogens with zero attached hydrogens (tertiary/aromatic N) is 3. The minimum atomic E-state index is 0.483. The number of rotatable bonds is 8. The lowest BCUT2D eigenvalue weighted by atomic mass is 10.1. The topological polar surface area (TPSA) is 52.0 Å². The second-order valence-electron chi connectivity index (χ2n) is 6.60. The van der Waals surface area contributed by atoms with Crippen molar-refractivity contribution in [1.29, 1.82) is 0 Å². The molecule has 0 radical (unpaired) electrons. The van der Waals surface area contributed by atoms with Crippen LogP contribution in [-0.2, 0) is 26.6 Å². The van der Waals surface area contributed by atoms with Crippen LogP contribution in [0, 0.1) is 13.8 Å². The van der Waals surface area contributed by atoms with E-state index in [0.717, 1.165) is 35.5 Å². The Labute approximate surface area is 165 Å². The van der Waals surface area contributed by atoms with Gasteiger partial charge in [-0.15, -0.1) is 0 Å². The second-order valence-corrected chi connectivity index (χ2v) is 7.04. The maximum absolute atomic E-state index is 6.18. The molecule has 0 saturated carbocycles. The molecule has 0 aliphatic heterocycles. The molecule has 0 spiro atoms. The number of benzene rings is 1. The summed E-state index contributed by atoms with van der Waals surface area (Å²) in [6, 6.07) is 9.63. The first-order chi connectivity index (χ1) is 13.0. The van der Waals surface area contributed by atoms with Crippen LogP contribution in [0.1, 0.15) is 28.1 Å². The van der Waals surface area contributed by atoms with Gasteiger partial charge in [-0.2, -0.15) is 5.10 Å².